The maximum atomic E-state index is 13.1. The molecule has 3 rings (SSSR count). The number of para-hydroxylation sites is 1. The van der Waals surface area contributed by atoms with Gasteiger partial charge in [-0.1, -0.05) is 23.7 Å². The first-order chi connectivity index (χ1) is 13.9. The highest BCUT2D eigenvalue weighted by Gasteiger charge is 2.33. The van der Waals surface area contributed by atoms with Gasteiger partial charge in [-0.2, -0.15) is 4.31 Å². The van der Waals surface area contributed by atoms with Crippen molar-refractivity contribution >= 4 is 27.5 Å². The number of nitrogens with one attached hydrogen (secondary N) is 1. The van der Waals surface area contributed by atoms with Crippen molar-refractivity contribution in [3.05, 3.63) is 59.4 Å². The number of carbonyl (C=O) groups is 1. The first-order valence-corrected chi connectivity index (χ1v) is 11.1. The van der Waals surface area contributed by atoms with Crippen molar-refractivity contribution in [3.8, 4) is 5.75 Å². The number of rotatable bonds is 7. The molecule has 0 bridgehead atoms. The Morgan fingerprint density at radius 2 is 1.93 bits per heavy atom. The Morgan fingerprint density at radius 3 is 2.66 bits per heavy atom. The van der Waals surface area contributed by atoms with E-state index in [1.807, 2.05) is 0 Å². The molecule has 1 aliphatic rings. The van der Waals surface area contributed by atoms with Gasteiger partial charge in [0.1, 0.15) is 18.2 Å². The molecule has 2 aromatic carbocycles. The number of nitrogens with zero attached hydrogens (tertiary/aromatic N) is 1. The van der Waals surface area contributed by atoms with Crippen molar-refractivity contribution < 1.29 is 22.3 Å². The summed E-state index contributed by atoms with van der Waals surface area (Å²) in [4.78, 5) is 12.5. The van der Waals surface area contributed by atoms with E-state index in [4.69, 9.17) is 16.3 Å². The lowest BCUT2D eigenvalue weighted by Gasteiger charge is -2.31. The average Bonchev–Trinajstić information content (AvgIpc) is 2.72. The second kappa shape index (κ2) is 9.56. The minimum Gasteiger partial charge on any atom is -0.490 e. The monoisotopic (exact) mass is 440 g/mol. The Morgan fingerprint density at radius 1 is 1.21 bits per heavy atom. The first kappa shape index (κ1) is 21.5. The zero-order valence-corrected chi connectivity index (χ0v) is 17.3. The number of benzene rings is 2. The molecule has 9 heteroatoms. The molecule has 0 aliphatic carbocycles. The standard InChI is InChI=1S/C20H22ClFN2O4S/c21-18-5-1-2-6-19(18)28-13-11-23-20(25)15-4-3-12-24(14-15)29(26,27)17-9-7-16(22)8-10-17/h1-2,5-10,15H,3-4,11-14H2,(H,23,25). The van der Waals surface area contributed by atoms with Gasteiger partial charge in [0, 0.05) is 13.1 Å². The van der Waals surface area contributed by atoms with Crippen LogP contribution in [-0.4, -0.2) is 44.9 Å². The second-order valence-electron chi connectivity index (χ2n) is 6.73. The van der Waals surface area contributed by atoms with E-state index < -0.39 is 21.8 Å². The van der Waals surface area contributed by atoms with Crippen molar-refractivity contribution in [2.45, 2.75) is 17.7 Å². The molecular formula is C20H22ClFN2O4S. The number of hydrogen-bond donors (Lipinski definition) is 1. The van der Waals surface area contributed by atoms with Crippen molar-refractivity contribution in [1.29, 1.82) is 0 Å². The van der Waals surface area contributed by atoms with Crippen LogP contribution in [0.4, 0.5) is 4.39 Å². The fraction of sp³-hybridized carbons (Fsp3) is 0.350. The fourth-order valence-corrected chi connectivity index (χ4v) is 4.89. The maximum Gasteiger partial charge on any atom is 0.243 e. The predicted octanol–water partition coefficient (Wildman–Crippen LogP) is 3.08. The zero-order chi connectivity index (χ0) is 20.9. The molecule has 1 saturated heterocycles. The van der Waals surface area contributed by atoms with E-state index in [0.29, 0.717) is 30.2 Å². The number of ether oxygens (including phenoxy) is 1. The van der Waals surface area contributed by atoms with Gasteiger partial charge in [0.2, 0.25) is 15.9 Å². The van der Waals surface area contributed by atoms with Crippen LogP contribution in [0.5, 0.6) is 5.75 Å². The summed E-state index contributed by atoms with van der Waals surface area (Å²) in [5, 5.41) is 3.28. The summed E-state index contributed by atoms with van der Waals surface area (Å²) < 4.78 is 45.4. The van der Waals surface area contributed by atoms with E-state index in [9.17, 15) is 17.6 Å². The van der Waals surface area contributed by atoms with Gasteiger partial charge in [-0.05, 0) is 49.2 Å². The molecule has 0 saturated carbocycles. The Bertz CT molecular complexity index is 953. The van der Waals surface area contributed by atoms with Gasteiger partial charge in [0.05, 0.1) is 22.4 Å². The van der Waals surface area contributed by atoms with Gasteiger partial charge >= 0.3 is 0 Å². The molecule has 6 nitrogen and oxygen atoms in total. The van der Waals surface area contributed by atoms with Gasteiger partial charge in [-0.25, -0.2) is 12.8 Å². The molecule has 29 heavy (non-hydrogen) atoms. The van der Waals surface area contributed by atoms with E-state index in [2.05, 4.69) is 5.32 Å². The third kappa shape index (κ3) is 5.46. The second-order valence-corrected chi connectivity index (χ2v) is 9.07. The van der Waals surface area contributed by atoms with E-state index >= 15 is 0 Å². The van der Waals surface area contributed by atoms with Crippen LogP contribution in [0, 0.1) is 11.7 Å². The minimum atomic E-state index is -3.76. The van der Waals surface area contributed by atoms with Crippen LogP contribution in [0.1, 0.15) is 12.8 Å². The fourth-order valence-electron chi connectivity index (χ4n) is 3.17. The molecule has 1 amide bonds. The summed E-state index contributed by atoms with van der Waals surface area (Å²) in [6, 6.07) is 11.8. The number of sulfonamides is 1. The molecule has 0 aromatic heterocycles. The summed E-state index contributed by atoms with van der Waals surface area (Å²) in [6.07, 6.45) is 1.18. The number of amides is 1. The van der Waals surface area contributed by atoms with Crippen molar-refractivity contribution in [3.63, 3.8) is 0 Å². The number of piperidine rings is 1. The first-order valence-electron chi connectivity index (χ1n) is 9.28. The molecule has 1 heterocycles. The van der Waals surface area contributed by atoms with Crippen molar-refractivity contribution in [2.24, 2.45) is 5.92 Å². The Kier molecular flexibility index (Phi) is 7.10. The summed E-state index contributed by atoms with van der Waals surface area (Å²) in [7, 11) is -3.76. The highest BCUT2D eigenvalue weighted by atomic mass is 35.5. The molecule has 2 aromatic rings. The van der Waals surface area contributed by atoms with Crippen LogP contribution in [-0.2, 0) is 14.8 Å². The van der Waals surface area contributed by atoms with E-state index in [-0.39, 0.29) is 30.5 Å². The third-order valence-corrected chi connectivity index (χ3v) is 6.89. The largest absolute Gasteiger partial charge is 0.490 e. The Labute approximate surface area is 174 Å². The van der Waals surface area contributed by atoms with E-state index in [1.165, 1.54) is 16.4 Å². The summed E-state index contributed by atoms with van der Waals surface area (Å²) in [6.45, 7) is 0.959. The smallest absolute Gasteiger partial charge is 0.243 e. The maximum absolute atomic E-state index is 13.1. The lowest BCUT2D eigenvalue weighted by atomic mass is 9.99. The van der Waals surface area contributed by atoms with Gasteiger partial charge < -0.3 is 10.1 Å². The average molecular weight is 441 g/mol. The number of hydrogen-bond acceptors (Lipinski definition) is 4. The number of halogens is 2. The lowest BCUT2D eigenvalue weighted by Crippen LogP contribution is -2.45. The van der Waals surface area contributed by atoms with Crippen LogP contribution in [0.25, 0.3) is 0 Å². The van der Waals surface area contributed by atoms with Crippen LogP contribution in [0.2, 0.25) is 5.02 Å². The summed E-state index contributed by atoms with van der Waals surface area (Å²) in [5.41, 5.74) is 0. The summed E-state index contributed by atoms with van der Waals surface area (Å²) >= 11 is 6.01. The highest BCUT2D eigenvalue weighted by molar-refractivity contribution is 7.89. The Hall–Kier alpha value is -2.16. The molecule has 1 unspecified atom stereocenters. The molecule has 0 spiro atoms. The molecule has 1 atom stereocenters. The van der Waals surface area contributed by atoms with Crippen LogP contribution >= 0.6 is 11.6 Å². The van der Waals surface area contributed by atoms with Gasteiger partial charge in [-0.3, -0.25) is 4.79 Å². The molecular weight excluding hydrogens is 419 g/mol. The molecule has 1 aliphatic heterocycles. The van der Waals surface area contributed by atoms with Crippen molar-refractivity contribution in [1.82, 2.24) is 9.62 Å². The topological polar surface area (TPSA) is 75.7 Å². The molecule has 1 N–H and O–H groups in total. The normalized spacial score (nSPS) is 17.7. The SMILES string of the molecule is O=C(NCCOc1ccccc1Cl)C1CCCN(S(=O)(=O)c2ccc(F)cc2)C1. The third-order valence-electron chi connectivity index (χ3n) is 4.70. The predicted molar refractivity (Wildman–Crippen MR) is 108 cm³/mol. The molecule has 1 fully saturated rings. The van der Waals surface area contributed by atoms with Crippen molar-refractivity contribution in [2.75, 3.05) is 26.2 Å². The summed E-state index contributed by atoms with van der Waals surface area (Å²) in [5.74, 6) is -0.623. The van der Waals surface area contributed by atoms with Crippen LogP contribution < -0.4 is 10.1 Å². The van der Waals surface area contributed by atoms with E-state index in [1.54, 1.807) is 24.3 Å². The molecule has 0 radical (unpaired) electrons. The Balaban J connectivity index is 1.52. The minimum absolute atomic E-state index is 0.0214. The van der Waals surface area contributed by atoms with Crippen LogP contribution in [0.3, 0.4) is 0 Å². The van der Waals surface area contributed by atoms with Crippen LogP contribution in [0.15, 0.2) is 53.4 Å². The van der Waals surface area contributed by atoms with E-state index in [0.717, 1.165) is 12.1 Å². The van der Waals surface area contributed by atoms with Gasteiger partial charge in [0.25, 0.3) is 0 Å². The lowest BCUT2D eigenvalue weighted by molar-refractivity contribution is -0.126. The quantitative estimate of drug-likeness (QED) is 0.671. The highest BCUT2D eigenvalue weighted by Crippen LogP contribution is 2.24. The number of carbonyl (C=O) groups excluding carboxylic acids is 1. The molecule has 156 valence electrons. The van der Waals surface area contributed by atoms with Gasteiger partial charge in [-0.15, -0.1) is 0 Å². The zero-order valence-electron chi connectivity index (χ0n) is 15.7. The van der Waals surface area contributed by atoms with Gasteiger partial charge in [0.15, 0.2) is 0 Å².